The van der Waals surface area contributed by atoms with Gasteiger partial charge in [-0.05, 0) is 18.1 Å². The van der Waals surface area contributed by atoms with Gasteiger partial charge in [0.05, 0.1) is 6.33 Å². The highest BCUT2D eigenvalue weighted by atomic mass is 32.2. The Labute approximate surface area is 147 Å². The summed E-state index contributed by atoms with van der Waals surface area (Å²) in [5, 5.41) is 3.87. The maximum Gasteiger partial charge on any atom is 0.233 e. The molecule has 0 unspecified atom stereocenters. The number of nitrogens with zero attached hydrogens (tertiary/aromatic N) is 2. The van der Waals surface area contributed by atoms with Gasteiger partial charge in [0.1, 0.15) is 0 Å². The van der Waals surface area contributed by atoms with Gasteiger partial charge in [0.25, 0.3) is 0 Å². The molecule has 1 amide bonds. The normalized spacial score (nSPS) is 11.7. The molecule has 1 aromatic heterocycles. The average Bonchev–Trinajstić information content (AvgIpc) is 3.11. The van der Waals surface area contributed by atoms with Crippen molar-refractivity contribution in [2.45, 2.75) is 19.4 Å². The molecule has 1 heterocycles. The lowest BCUT2D eigenvalue weighted by Crippen LogP contribution is -2.30. The quantitative estimate of drug-likeness (QED) is 0.624. The number of aryl methyl sites for hydroxylation is 1. The zero-order valence-electron chi connectivity index (χ0n) is 13.8. The summed E-state index contributed by atoms with van der Waals surface area (Å²) in [7, 11) is -3.55. The summed E-state index contributed by atoms with van der Waals surface area (Å²) in [5.41, 5.74) is 0.795. The number of benzene rings is 1. The third kappa shape index (κ3) is 7.77. The zero-order valence-corrected chi connectivity index (χ0v) is 14.7. The van der Waals surface area contributed by atoms with Crippen LogP contribution in [0, 0.1) is 0 Å². The lowest BCUT2D eigenvalue weighted by atomic mass is 10.2. The number of carbonyl (C=O) groups is 1. The second kappa shape index (κ2) is 9.75. The number of rotatable bonds is 10. The van der Waals surface area contributed by atoms with Crippen LogP contribution < -0.4 is 10.0 Å². The summed E-state index contributed by atoms with van der Waals surface area (Å²) in [4.78, 5) is 15.6. The first kappa shape index (κ1) is 18.9. The van der Waals surface area contributed by atoms with Crippen molar-refractivity contribution in [2.24, 2.45) is 0 Å². The van der Waals surface area contributed by atoms with Gasteiger partial charge >= 0.3 is 0 Å². The summed E-state index contributed by atoms with van der Waals surface area (Å²) < 4.78 is 28.0. The van der Waals surface area contributed by atoms with E-state index in [-0.39, 0.29) is 18.9 Å². The highest BCUT2D eigenvalue weighted by Crippen LogP contribution is 2.02. The van der Waals surface area contributed by atoms with Gasteiger partial charge < -0.3 is 9.88 Å². The van der Waals surface area contributed by atoms with E-state index in [1.807, 2.05) is 41.1 Å². The van der Waals surface area contributed by atoms with Gasteiger partial charge in [-0.1, -0.05) is 30.3 Å². The minimum Gasteiger partial charge on any atom is -0.356 e. The summed E-state index contributed by atoms with van der Waals surface area (Å²) in [6, 6.07) is 9.14. The molecule has 0 fully saturated rings. The average molecular weight is 362 g/mol. The smallest absolute Gasteiger partial charge is 0.233 e. The van der Waals surface area contributed by atoms with Crippen molar-refractivity contribution >= 4 is 22.0 Å². The van der Waals surface area contributed by atoms with Crippen LogP contribution in [0.25, 0.3) is 6.08 Å². The highest BCUT2D eigenvalue weighted by molar-refractivity contribution is 7.92. The van der Waals surface area contributed by atoms with Crippen LogP contribution >= 0.6 is 0 Å². The van der Waals surface area contributed by atoms with Gasteiger partial charge in [0, 0.05) is 43.9 Å². The Balaban J connectivity index is 1.61. The number of sulfonamides is 1. The molecule has 0 spiro atoms. The topological polar surface area (TPSA) is 93.1 Å². The number of nitrogens with one attached hydrogen (secondary N) is 2. The standard InChI is InChI=1S/C17H22N4O3S/c22-17(19-9-4-12-21-13-11-18-15-21)7-10-20-25(23,24)14-8-16-5-2-1-3-6-16/h1-3,5-6,8,11,13-15,20H,4,7,9-10,12H2,(H,19,22)/b14-8+. The molecule has 8 heteroatoms. The van der Waals surface area contributed by atoms with E-state index in [2.05, 4.69) is 15.0 Å². The molecule has 2 rings (SSSR count). The second-order valence-electron chi connectivity index (χ2n) is 5.41. The van der Waals surface area contributed by atoms with Crippen molar-refractivity contribution in [3.8, 4) is 0 Å². The summed E-state index contributed by atoms with van der Waals surface area (Å²) in [6.07, 6.45) is 7.69. The molecule has 0 saturated carbocycles. The van der Waals surface area contributed by atoms with Crippen LogP contribution in [-0.2, 0) is 21.4 Å². The molecule has 0 aliphatic carbocycles. The van der Waals surface area contributed by atoms with E-state index in [9.17, 15) is 13.2 Å². The number of imidazole rings is 1. The molecule has 2 N–H and O–H groups in total. The number of amides is 1. The Hall–Kier alpha value is -2.45. The Bertz CT molecular complexity index is 771. The van der Waals surface area contributed by atoms with Gasteiger partial charge in [-0.15, -0.1) is 0 Å². The van der Waals surface area contributed by atoms with Gasteiger partial charge in [-0.25, -0.2) is 18.1 Å². The third-order valence-electron chi connectivity index (χ3n) is 3.37. The number of carbonyl (C=O) groups excluding carboxylic acids is 1. The molecular formula is C17H22N4O3S. The fourth-order valence-corrected chi connectivity index (χ4v) is 2.90. The van der Waals surface area contributed by atoms with Crippen molar-refractivity contribution in [1.29, 1.82) is 0 Å². The first-order valence-electron chi connectivity index (χ1n) is 8.00. The van der Waals surface area contributed by atoms with E-state index in [1.165, 1.54) is 6.08 Å². The van der Waals surface area contributed by atoms with Crippen LogP contribution in [0.15, 0.2) is 54.5 Å². The van der Waals surface area contributed by atoms with Gasteiger partial charge in [-0.3, -0.25) is 4.79 Å². The van der Waals surface area contributed by atoms with Crippen LogP contribution in [-0.4, -0.2) is 37.0 Å². The van der Waals surface area contributed by atoms with Crippen LogP contribution in [0.2, 0.25) is 0 Å². The largest absolute Gasteiger partial charge is 0.356 e. The molecule has 1 aromatic carbocycles. The van der Waals surface area contributed by atoms with Crippen molar-refractivity contribution < 1.29 is 13.2 Å². The molecule has 0 aliphatic rings. The summed E-state index contributed by atoms with van der Waals surface area (Å²) in [6.45, 7) is 1.38. The van der Waals surface area contributed by atoms with Crippen molar-refractivity contribution in [2.75, 3.05) is 13.1 Å². The van der Waals surface area contributed by atoms with Crippen molar-refractivity contribution in [3.63, 3.8) is 0 Å². The molecule has 0 bridgehead atoms. The molecule has 134 valence electrons. The van der Waals surface area contributed by atoms with E-state index in [0.29, 0.717) is 6.54 Å². The Kier molecular flexibility index (Phi) is 7.36. The molecule has 25 heavy (non-hydrogen) atoms. The second-order valence-corrected chi connectivity index (χ2v) is 7.06. The number of hydrogen-bond donors (Lipinski definition) is 2. The van der Waals surface area contributed by atoms with Gasteiger partial charge in [0.2, 0.25) is 15.9 Å². The van der Waals surface area contributed by atoms with Gasteiger partial charge in [0.15, 0.2) is 0 Å². The Morgan fingerprint density at radius 3 is 2.72 bits per heavy atom. The molecule has 0 aliphatic heterocycles. The lowest BCUT2D eigenvalue weighted by molar-refractivity contribution is -0.120. The first-order valence-corrected chi connectivity index (χ1v) is 9.55. The van der Waals surface area contributed by atoms with E-state index in [4.69, 9.17) is 0 Å². The molecular weight excluding hydrogens is 340 g/mol. The van der Waals surface area contributed by atoms with Crippen LogP contribution in [0.1, 0.15) is 18.4 Å². The fourth-order valence-electron chi connectivity index (χ4n) is 2.08. The third-order valence-corrected chi connectivity index (χ3v) is 4.47. The Morgan fingerprint density at radius 2 is 2.00 bits per heavy atom. The van der Waals surface area contributed by atoms with E-state index in [1.54, 1.807) is 12.5 Å². The maximum absolute atomic E-state index is 11.8. The van der Waals surface area contributed by atoms with E-state index >= 15 is 0 Å². The van der Waals surface area contributed by atoms with Crippen LogP contribution in [0.4, 0.5) is 0 Å². The van der Waals surface area contributed by atoms with Gasteiger partial charge in [-0.2, -0.15) is 0 Å². The van der Waals surface area contributed by atoms with Crippen LogP contribution in [0.3, 0.4) is 0 Å². The van der Waals surface area contributed by atoms with E-state index < -0.39 is 10.0 Å². The molecule has 0 atom stereocenters. The SMILES string of the molecule is O=C(CCNS(=O)(=O)/C=C/c1ccccc1)NCCCn1ccnc1. The predicted molar refractivity (Wildman–Crippen MR) is 96.9 cm³/mol. The highest BCUT2D eigenvalue weighted by Gasteiger charge is 2.06. The minimum absolute atomic E-state index is 0.0643. The van der Waals surface area contributed by atoms with Crippen molar-refractivity contribution in [1.82, 2.24) is 19.6 Å². The monoisotopic (exact) mass is 362 g/mol. The molecule has 7 nitrogen and oxygen atoms in total. The summed E-state index contributed by atoms with van der Waals surface area (Å²) >= 11 is 0. The van der Waals surface area contributed by atoms with E-state index in [0.717, 1.165) is 23.9 Å². The lowest BCUT2D eigenvalue weighted by Gasteiger charge is -2.06. The Morgan fingerprint density at radius 1 is 1.20 bits per heavy atom. The molecule has 2 aromatic rings. The van der Waals surface area contributed by atoms with Crippen molar-refractivity contribution in [3.05, 3.63) is 60.0 Å². The first-order chi connectivity index (χ1) is 12.1. The predicted octanol–water partition coefficient (Wildman–Crippen LogP) is 1.37. The maximum atomic E-state index is 11.8. The minimum atomic E-state index is -3.55. The molecule has 0 saturated heterocycles. The molecule has 0 radical (unpaired) electrons. The van der Waals surface area contributed by atoms with Crippen LogP contribution in [0.5, 0.6) is 0 Å². The zero-order chi connectivity index (χ0) is 18.0. The number of aromatic nitrogens is 2. The summed E-state index contributed by atoms with van der Waals surface area (Å²) in [5.74, 6) is -0.180. The fraction of sp³-hybridized carbons (Fsp3) is 0.294. The number of hydrogen-bond acceptors (Lipinski definition) is 4.